The highest BCUT2D eigenvalue weighted by atomic mass is 19.3. The summed E-state index contributed by atoms with van der Waals surface area (Å²) in [7, 11) is 1.37. The monoisotopic (exact) mass is 418 g/mol. The van der Waals surface area contributed by atoms with Gasteiger partial charge < -0.3 is 14.8 Å². The Hall–Kier alpha value is -3.23. The fraction of sp³-hybridized carbons (Fsp3) is 0.381. The van der Waals surface area contributed by atoms with Crippen LogP contribution in [-0.2, 0) is 17.8 Å². The molecule has 1 amide bonds. The first kappa shape index (κ1) is 21.5. The summed E-state index contributed by atoms with van der Waals surface area (Å²) in [6, 6.07) is 6.48. The van der Waals surface area contributed by atoms with Crippen molar-refractivity contribution in [1.82, 2.24) is 19.9 Å². The number of halogens is 2. The third kappa shape index (κ3) is 4.84. The molecule has 1 N–H and O–H groups in total. The van der Waals surface area contributed by atoms with Crippen molar-refractivity contribution >= 4 is 11.6 Å². The highest BCUT2D eigenvalue weighted by Gasteiger charge is 2.14. The number of carbonyl (C=O) groups is 1. The van der Waals surface area contributed by atoms with Crippen molar-refractivity contribution in [3.63, 3.8) is 0 Å². The van der Waals surface area contributed by atoms with Crippen LogP contribution in [0.2, 0.25) is 0 Å². The van der Waals surface area contributed by atoms with Gasteiger partial charge in [0.05, 0.1) is 12.8 Å². The van der Waals surface area contributed by atoms with Crippen molar-refractivity contribution in [1.29, 1.82) is 0 Å². The lowest BCUT2D eigenvalue weighted by Gasteiger charge is -2.13. The fourth-order valence-corrected chi connectivity index (χ4v) is 3.35. The molecule has 2 heterocycles. The number of benzene rings is 1. The van der Waals surface area contributed by atoms with Crippen molar-refractivity contribution < 1.29 is 23.0 Å². The van der Waals surface area contributed by atoms with E-state index in [1.54, 1.807) is 16.6 Å². The second kappa shape index (κ2) is 9.06. The van der Waals surface area contributed by atoms with Gasteiger partial charge in [-0.25, -0.2) is 9.50 Å². The second-order valence-corrected chi connectivity index (χ2v) is 6.96. The number of amides is 1. The molecule has 0 aliphatic carbocycles. The number of ether oxygens (including phenoxy) is 2. The Labute approximate surface area is 173 Å². The number of nitrogens with one attached hydrogen (secondary N) is 1. The van der Waals surface area contributed by atoms with Crippen molar-refractivity contribution in [2.24, 2.45) is 0 Å². The molecule has 3 rings (SSSR count). The summed E-state index contributed by atoms with van der Waals surface area (Å²) in [4.78, 5) is 16.9. The van der Waals surface area contributed by atoms with Crippen LogP contribution in [0.5, 0.6) is 11.5 Å². The average Bonchev–Trinajstić information content (AvgIpc) is 3.06. The first-order valence-electron chi connectivity index (χ1n) is 9.49. The van der Waals surface area contributed by atoms with Crippen LogP contribution >= 0.6 is 0 Å². The molecule has 7 nitrogen and oxygen atoms in total. The predicted octanol–water partition coefficient (Wildman–Crippen LogP) is 3.51. The molecule has 2 aromatic heterocycles. The largest absolute Gasteiger partial charge is 0.493 e. The van der Waals surface area contributed by atoms with E-state index < -0.39 is 6.61 Å². The van der Waals surface area contributed by atoms with E-state index >= 15 is 0 Å². The van der Waals surface area contributed by atoms with E-state index in [1.165, 1.54) is 13.2 Å². The van der Waals surface area contributed by atoms with Gasteiger partial charge in [0.2, 0.25) is 5.91 Å². The number of carbonyl (C=O) groups excluding carboxylic acids is 1. The maximum atomic E-state index is 12.4. The summed E-state index contributed by atoms with van der Waals surface area (Å²) >= 11 is 0. The molecule has 0 spiro atoms. The summed E-state index contributed by atoms with van der Waals surface area (Å²) in [6.07, 6.45) is 0.828. The summed E-state index contributed by atoms with van der Waals surface area (Å²) in [5.41, 5.74) is 5.24. The lowest BCUT2D eigenvalue weighted by atomic mass is 10.1. The molecular weight excluding hydrogens is 394 g/mol. The average molecular weight is 418 g/mol. The Morgan fingerprint density at radius 2 is 1.97 bits per heavy atom. The zero-order valence-electron chi connectivity index (χ0n) is 17.3. The van der Waals surface area contributed by atoms with Gasteiger partial charge in [-0.05, 0) is 50.5 Å². The number of hydrogen-bond donors (Lipinski definition) is 1. The number of hydrogen-bond acceptors (Lipinski definition) is 5. The van der Waals surface area contributed by atoms with E-state index in [4.69, 9.17) is 4.74 Å². The van der Waals surface area contributed by atoms with Gasteiger partial charge in [0.25, 0.3) is 0 Å². The highest BCUT2D eigenvalue weighted by molar-refractivity contribution is 5.76. The molecule has 1 aromatic carbocycles. The zero-order valence-corrected chi connectivity index (χ0v) is 17.3. The van der Waals surface area contributed by atoms with Crippen molar-refractivity contribution in [2.45, 2.75) is 46.8 Å². The number of alkyl halides is 2. The third-order valence-electron chi connectivity index (χ3n) is 4.82. The molecule has 0 atom stereocenters. The van der Waals surface area contributed by atoms with Crippen LogP contribution in [-0.4, -0.2) is 34.2 Å². The first-order valence-corrected chi connectivity index (χ1v) is 9.49. The van der Waals surface area contributed by atoms with Gasteiger partial charge in [-0.15, -0.1) is 0 Å². The summed E-state index contributed by atoms with van der Waals surface area (Å²) in [5.74, 6) is 0.00452. The molecule has 0 radical (unpaired) electrons. The molecule has 0 bridgehead atoms. The quantitative estimate of drug-likeness (QED) is 0.606. The van der Waals surface area contributed by atoms with Crippen LogP contribution in [0.4, 0.5) is 8.78 Å². The number of methoxy groups -OCH3 is 1. The van der Waals surface area contributed by atoms with E-state index in [0.29, 0.717) is 18.4 Å². The summed E-state index contributed by atoms with van der Waals surface area (Å²) < 4.78 is 36.1. The smallest absolute Gasteiger partial charge is 0.387 e. The molecule has 30 heavy (non-hydrogen) atoms. The molecule has 9 heteroatoms. The van der Waals surface area contributed by atoms with Crippen molar-refractivity contribution in [2.75, 3.05) is 7.11 Å². The molecule has 160 valence electrons. The normalized spacial score (nSPS) is 11.2. The Bertz CT molecular complexity index is 1070. The Kier molecular flexibility index (Phi) is 6.49. The van der Waals surface area contributed by atoms with Crippen LogP contribution < -0.4 is 14.8 Å². The Morgan fingerprint density at radius 3 is 2.67 bits per heavy atom. The molecule has 0 aliphatic rings. The van der Waals surface area contributed by atoms with Crippen molar-refractivity contribution in [3.8, 4) is 11.5 Å². The van der Waals surface area contributed by atoms with Gasteiger partial charge in [0.1, 0.15) is 0 Å². The summed E-state index contributed by atoms with van der Waals surface area (Å²) in [5, 5.41) is 7.28. The molecule has 0 fully saturated rings. The van der Waals surface area contributed by atoms with Crippen LogP contribution in [0, 0.1) is 20.8 Å². The Morgan fingerprint density at radius 1 is 1.20 bits per heavy atom. The highest BCUT2D eigenvalue weighted by Crippen LogP contribution is 2.29. The van der Waals surface area contributed by atoms with Gasteiger partial charge >= 0.3 is 6.61 Å². The molecule has 0 aliphatic heterocycles. The lowest BCUT2D eigenvalue weighted by molar-refractivity contribution is -0.121. The number of fused-ring (bicyclic) bond motifs is 1. The van der Waals surface area contributed by atoms with Gasteiger partial charge in [-0.1, -0.05) is 6.07 Å². The maximum Gasteiger partial charge on any atom is 0.387 e. The van der Waals surface area contributed by atoms with Crippen LogP contribution in [0.1, 0.15) is 34.6 Å². The topological polar surface area (TPSA) is 77.8 Å². The number of rotatable bonds is 8. The van der Waals surface area contributed by atoms with Gasteiger partial charge in [0, 0.05) is 30.4 Å². The molecule has 0 unspecified atom stereocenters. The number of aromatic nitrogens is 3. The minimum Gasteiger partial charge on any atom is -0.493 e. The molecule has 3 aromatic rings. The standard InChI is InChI=1S/C21H24F2N4O3/c1-12-9-19-25-13(2)16(14(3)27(19)26-12)6-8-20(28)24-11-15-5-7-17(30-21(22)23)18(10-15)29-4/h5,7,9-10,21H,6,8,11H2,1-4H3,(H,24,28). The van der Waals surface area contributed by atoms with Gasteiger partial charge in [-0.2, -0.15) is 13.9 Å². The SMILES string of the molecule is COc1cc(CNC(=O)CCc2c(C)nc3cc(C)nn3c2C)ccc1OC(F)F. The van der Waals surface area contributed by atoms with E-state index in [1.807, 2.05) is 26.8 Å². The van der Waals surface area contributed by atoms with E-state index in [-0.39, 0.29) is 24.0 Å². The minimum absolute atomic E-state index is 0.0507. The van der Waals surface area contributed by atoms with E-state index in [0.717, 1.165) is 28.3 Å². The number of nitrogens with zero attached hydrogens (tertiary/aromatic N) is 3. The van der Waals surface area contributed by atoms with Crippen LogP contribution in [0.15, 0.2) is 24.3 Å². The fourth-order valence-electron chi connectivity index (χ4n) is 3.35. The minimum atomic E-state index is -2.93. The lowest BCUT2D eigenvalue weighted by Crippen LogP contribution is -2.23. The van der Waals surface area contributed by atoms with E-state index in [9.17, 15) is 13.6 Å². The van der Waals surface area contributed by atoms with Crippen molar-refractivity contribution in [3.05, 3.63) is 52.5 Å². The Balaban J connectivity index is 1.61. The molecule has 0 saturated heterocycles. The first-order chi connectivity index (χ1) is 14.3. The summed E-state index contributed by atoms with van der Waals surface area (Å²) in [6.45, 7) is 3.13. The second-order valence-electron chi connectivity index (χ2n) is 6.96. The molecule has 0 saturated carbocycles. The van der Waals surface area contributed by atoms with Crippen LogP contribution in [0.3, 0.4) is 0 Å². The number of aryl methyl sites for hydroxylation is 3. The third-order valence-corrected chi connectivity index (χ3v) is 4.82. The van der Waals surface area contributed by atoms with Gasteiger partial charge in [-0.3, -0.25) is 4.79 Å². The molecular formula is C21H24F2N4O3. The van der Waals surface area contributed by atoms with E-state index in [2.05, 4.69) is 20.1 Å². The predicted molar refractivity (Wildman–Crippen MR) is 107 cm³/mol. The van der Waals surface area contributed by atoms with Gasteiger partial charge in [0.15, 0.2) is 17.1 Å². The maximum absolute atomic E-state index is 12.4. The zero-order chi connectivity index (χ0) is 21.8. The van der Waals surface area contributed by atoms with Crippen LogP contribution in [0.25, 0.3) is 5.65 Å².